The molecule has 0 aromatic heterocycles. The number of nitrogens with zero attached hydrogens (tertiary/aromatic N) is 2. The summed E-state index contributed by atoms with van der Waals surface area (Å²) in [6, 6.07) is 4.97. The number of nitrogens with one attached hydrogen (secondary N) is 1. The Morgan fingerprint density at radius 1 is 1.20 bits per heavy atom. The van der Waals surface area contributed by atoms with Gasteiger partial charge in [-0.1, -0.05) is 6.07 Å². The van der Waals surface area contributed by atoms with E-state index in [1.54, 1.807) is 17.0 Å². The van der Waals surface area contributed by atoms with Gasteiger partial charge in [0.1, 0.15) is 0 Å². The summed E-state index contributed by atoms with van der Waals surface area (Å²) in [6.07, 6.45) is 0.211. The number of aryl methyl sites for hydroxylation is 2. The van der Waals surface area contributed by atoms with E-state index in [9.17, 15) is 13.2 Å². The zero-order valence-electron chi connectivity index (χ0n) is 15.6. The average Bonchev–Trinajstić information content (AvgIpc) is 2.57. The van der Waals surface area contributed by atoms with Crippen molar-refractivity contribution in [2.75, 3.05) is 32.7 Å². The molecular formula is C18H29N3O3S. The normalized spacial score (nSPS) is 15.8. The highest BCUT2D eigenvalue weighted by Crippen LogP contribution is 2.21. The molecule has 1 N–H and O–H groups in total. The quantitative estimate of drug-likeness (QED) is 0.828. The van der Waals surface area contributed by atoms with Crippen molar-refractivity contribution in [3.8, 4) is 0 Å². The van der Waals surface area contributed by atoms with Crippen molar-refractivity contribution in [1.82, 2.24) is 14.5 Å². The van der Waals surface area contributed by atoms with Gasteiger partial charge in [-0.3, -0.25) is 4.79 Å². The monoisotopic (exact) mass is 367 g/mol. The summed E-state index contributed by atoms with van der Waals surface area (Å²) in [5.74, 6) is 0.0161. The number of amides is 1. The minimum atomic E-state index is -3.62. The third-order valence-electron chi connectivity index (χ3n) is 4.68. The molecule has 2 rings (SSSR count). The van der Waals surface area contributed by atoms with E-state index in [4.69, 9.17) is 0 Å². The SMILES string of the molecule is Cc1ccc(S(=O)(=O)N(CCC(=O)N2CCNCC2)C(C)C)cc1C. The smallest absolute Gasteiger partial charge is 0.243 e. The third-order valence-corrected chi connectivity index (χ3v) is 6.75. The zero-order valence-corrected chi connectivity index (χ0v) is 16.4. The number of rotatable bonds is 6. The average molecular weight is 368 g/mol. The molecule has 1 fully saturated rings. The lowest BCUT2D eigenvalue weighted by molar-refractivity contribution is -0.131. The molecule has 0 spiro atoms. The van der Waals surface area contributed by atoms with Crippen LogP contribution in [0, 0.1) is 13.8 Å². The van der Waals surface area contributed by atoms with Gasteiger partial charge in [0.05, 0.1) is 4.90 Å². The van der Waals surface area contributed by atoms with Crippen LogP contribution < -0.4 is 5.32 Å². The molecule has 1 aliphatic heterocycles. The van der Waals surface area contributed by atoms with Crippen LogP contribution in [0.2, 0.25) is 0 Å². The standard InChI is InChI=1S/C18H29N3O3S/c1-14(2)21(10-7-18(22)20-11-8-19-9-12-20)25(23,24)17-6-5-15(3)16(4)13-17/h5-6,13-14,19H,7-12H2,1-4H3. The number of hydrogen-bond donors (Lipinski definition) is 1. The van der Waals surface area contributed by atoms with Gasteiger partial charge in [0.25, 0.3) is 0 Å². The van der Waals surface area contributed by atoms with Crippen molar-refractivity contribution in [3.63, 3.8) is 0 Å². The van der Waals surface area contributed by atoms with Gasteiger partial charge in [-0.2, -0.15) is 4.31 Å². The number of sulfonamides is 1. The van der Waals surface area contributed by atoms with Crippen LogP contribution in [0.25, 0.3) is 0 Å². The van der Waals surface area contributed by atoms with Gasteiger partial charge in [0.2, 0.25) is 15.9 Å². The molecule has 140 valence electrons. The molecule has 0 unspecified atom stereocenters. The molecule has 7 heteroatoms. The van der Waals surface area contributed by atoms with Gasteiger partial charge < -0.3 is 10.2 Å². The number of carbonyl (C=O) groups is 1. The minimum absolute atomic E-state index is 0.0161. The van der Waals surface area contributed by atoms with Crippen molar-refractivity contribution < 1.29 is 13.2 Å². The Kier molecular flexibility index (Phi) is 6.59. The van der Waals surface area contributed by atoms with Crippen LogP contribution in [0.1, 0.15) is 31.4 Å². The number of carbonyl (C=O) groups excluding carboxylic acids is 1. The highest BCUT2D eigenvalue weighted by atomic mass is 32.2. The van der Waals surface area contributed by atoms with Gasteiger partial charge in [0.15, 0.2) is 0 Å². The van der Waals surface area contributed by atoms with Crippen molar-refractivity contribution in [2.24, 2.45) is 0 Å². The maximum Gasteiger partial charge on any atom is 0.243 e. The minimum Gasteiger partial charge on any atom is -0.340 e. The lowest BCUT2D eigenvalue weighted by Gasteiger charge is -2.30. The summed E-state index contributed by atoms with van der Waals surface area (Å²) in [4.78, 5) is 14.5. The van der Waals surface area contributed by atoms with Crippen molar-refractivity contribution in [1.29, 1.82) is 0 Å². The van der Waals surface area contributed by atoms with Crippen LogP contribution in [-0.2, 0) is 14.8 Å². The van der Waals surface area contributed by atoms with Crippen LogP contribution in [0.5, 0.6) is 0 Å². The predicted molar refractivity (Wildman–Crippen MR) is 99.0 cm³/mol. The Hall–Kier alpha value is -1.44. The Labute approximate surface area is 151 Å². The van der Waals surface area contributed by atoms with Gasteiger partial charge in [-0.05, 0) is 51.0 Å². The maximum atomic E-state index is 13.0. The van der Waals surface area contributed by atoms with Gasteiger partial charge in [-0.15, -0.1) is 0 Å². The lowest BCUT2D eigenvalue weighted by Crippen LogP contribution is -2.47. The summed E-state index contributed by atoms with van der Waals surface area (Å²) >= 11 is 0. The molecule has 1 aliphatic rings. The molecular weight excluding hydrogens is 338 g/mol. The molecule has 6 nitrogen and oxygen atoms in total. The first-order valence-electron chi connectivity index (χ1n) is 8.81. The summed E-state index contributed by atoms with van der Waals surface area (Å²) in [7, 11) is -3.62. The zero-order chi connectivity index (χ0) is 18.6. The Morgan fingerprint density at radius 2 is 1.84 bits per heavy atom. The molecule has 1 aromatic carbocycles. The second-order valence-electron chi connectivity index (χ2n) is 6.84. The molecule has 1 heterocycles. The van der Waals surface area contributed by atoms with E-state index in [2.05, 4.69) is 5.32 Å². The molecule has 0 saturated carbocycles. The first-order chi connectivity index (χ1) is 11.7. The first kappa shape index (κ1) is 19.9. The Bertz CT molecular complexity index is 710. The molecule has 25 heavy (non-hydrogen) atoms. The third kappa shape index (κ3) is 4.80. The summed E-state index contributed by atoms with van der Waals surface area (Å²) in [5.41, 5.74) is 2.01. The van der Waals surface area contributed by atoms with Gasteiger partial charge >= 0.3 is 0 Å². The van der Waals surface area contributed by atoms with Crippen LogP contribution in [0.4, 0.5) is 0 Å². The lowest BCUT2D eigenvalue weighted by atomic mass is 10.1. The molecule has 0 bridgehead atoms. The molecule has 0 radical (unpaired) electrons. The molecule has 0 atom stereocenters. The molecule has 1 saturated heterocycles. The second kappa shape index (κ2) is 8.29. The maximum absolute atomic E-state index is 13.0. The number of hydrogen-bond acceptors (Lipinski definition) is 4. The summed E-state index contributed by atoms with van der Waals surface area (Å²) < 4.78 is 27.5. The van der Waals surface area contributed by atoms with Crippen molar-refractivity contribution in [3.05, 3.63) is 29.3 Å². The van der Waals surface area contributed by atoms with Crippen molar-refractivity contribution in [2.45, 2.75) is 45.1 Å². The topological polar surface area (TPSA) is 69.7 Å². The largest absolute Gasteiger partial charge is 0.340 e. The van der Waals surface area contributed by atoms with Crippen LogP contribution >= 0.6 is 0 Å². The Balaban J connectivity index is 2.13. The van der Waals surface area contributed by atoms with E-state index >= 15 is 0 Å². The van der Waals surface area contributed by atoms with Crippen LogP contribution in [0.3, 0.4) is 0 Å². The number of benzene rings is 1. The first-order valence-corrected chi connectivity index (χ1v) is 10.2. The van der Waals surface area contributed by atoms with E-state index < -0.39 is 10.0 Å². The highest BCUT2D eigenvalue weighted by molar-refractivity contribution is 7.89. The molecule has 1 aromatic rings. The van der Waals surface area contributed by atoms with E-state index in [-0.39, 0.29) is 24.9 Å². The molecule has 0 aliphatic carbocycles. The van der Waals surface area contributed by atoms with E-state index in [0.29, 0.717) is 18.0 Å². The van der Waals surface area contributed by atoms with Crippen LogP contribution in [0.15, 0.2) is 23.1 Å². The van der Waals surface area contributed by atoms with Crippen LogP contribution in [-0.4, -0.2) is 62.3 Å². The summed E-state index contributed by atoms with van der Waals surface area (Å²) in [6.45, 7) is 10.7. The summed E-state index contributed by atoms with van der Waals surface area (Å²) in [5, 5.41) is 3.21. The van der Waals surface area contributed by atoms with E-state index in [0.717, 1.165) is 24.2 Å². The van der Waals surface area contributed by atoms with E-state index in [1.165, 1.54) is 4.31 Å². The fraction of sp³-hybridized carbons (Fsp3) is 0.611. The highest BCUT2D eigenvalue weighted by Gasteiger charge is 2.28. The van der Waals surface area contributed by atoms with Crippen molar-refractivity contribution >= 4 is 15.9 Å². The second-order valence-corrected chi connectivity index (χ2v) is 8.73. The fourth-order valence-corrected chi connectivity index (χ4v) is 4.67. The fourth-order valence-electron chi connectivity index (χ4n) is 2.94. The predicted octanol–water partition coefficient (Wildman–Crippen LogP) is 1.52. The Morgan fingerprint density at radius 3 is 2.40 bits per heavy atom. The van der Waals surface area contributed by atoms with Gasteiger partial charge in [0, 0.05) is 45.2 Å². The molecule has 1 amide bonds. The number of piperazine rings is 1. The van der Waals surface area contributed by atoms with Gasteiger partial charge in [-0.25, -0.2) is 8.42 Å². The van der Waals surface area contributed by atoms with E-state index in [1.807, 2.05) is 33.8 Å².